The Kier molecular flexibility index (Phi) is 5.74. The summed E-state index contributed by atoms with van der Waals surface area (Å²) in [5.74, 6) is -0.217. The van der Waals surface area contributed by atoms with Crippen LogP contribution in [0.3, 0.4) is 0 Å². The van der Waals surface area contributed by atoms with E-state index in [9.17, 15) is 19.2 Å². The zero-order chi connectivity index (χ0) is 21.1. The number of rotatable bonds is 3. The molecule has 0 bridgehead atoms. The van der Waals surface area contributed by atoms with Crippen molar-refractivity contribution in [3.8, 4) is 0 Å². The molecule has 6 nitrogen and oxygen atoms in total. The lowest BCUT2D eigenvalue weighted by Crippen LogP contribution is -2.41. The van der Waals surface area contributed by atoms with Crippen molar-refractivity contribution in [3.63, 3.8) is 0 Å². The number of Topliss-reactive ketones (excluding diaryl/α,β-unsaturated/α-hetero) is 2. The molecule has 0 saturated heterocycles. The second-order valence-electron chi connectivity index (χ2n) is 7.89. The molecule has 1 aliphatic carbocycles. The number of hydrogen-bond donors (Lipinski definition) is 1. The number of nitrogens with one attached hydrogen (secondary N) is 1. The Morgan fingerprint density at radius 2 is 1.70 bits per heavy atom. The molecule has 2 aromatic rings. The molecule has 6 heteroatoms. The van der Waals surface area contributed by atoms with E-state index in [-0.39, 0.29) is 23.4 Å². The molecular formula is C24H24N2O4. The predicted molar refractivity (Wildman–Crippen MR) is 112 cm³/mol. The first kappa shape index (κ1) is 20.0. The molecule has 1 fully saturated rings. The van der Waals surface area contributed by atoms with Gasteiger partial charge in [-0.15, -0.1) is 0 Å². The molecule has 0 aromatic heterocycles. The van der Waals surface area contributed by atoms with Gasteiger partial charge in [-0.25, -0.2) is 0 Å². The van der Waals surface area contributed by atoms with Gasteiger partial charge in [0.1, 0.15) is 5.78 Å². The number of hydrogen-bond acceptors (Lipinski definition) is 4. The lowest BCUT2D eigenvalue weighted by Gasteiger charge is -2.26. The van der Waals surface area contributed by atoms with Crippen LogP contribution in [0.4, 0.5) is 5.69 Å². The number of benzene rings is 2. The first-order valence-corrected chi connectivity index (χ1v) is 10.4. The summed E-state index contributed by atoms with van der Waals surface area (Å²) in [5.41, 5.74) is 2.49. The van der Waals surface area contributed by atoms with Crippen molar-refractivity contribution in [2.24, 2.45) is 0 Å². The Morgan fingerprint density at radius 1 is 0.933 bits per heavy atom. The summed E-state index contributed by atoms with van der Waals surface area (Å²) in [5, 5.41) is 2.86. The van der Waals surface area contributed by atoms with Crippen LogP contribution in [0.25, 0.3) is 0 Å². The van der Waals surface area contributed by atoms with Gasteiger partial charge in [0.15, 0.2) is 5.78 Å². The first-order valence-electron chi connectivity index (χ1n) is 10.4. The van der Waals surface area contributed by atoms with E-state index in [1.54, 1.807) is 47.4 Å². The monoisotopic (exact) mass is 404 g/mol. The number of amides is 2. The average Bonchev–Trinajstić information content (AvgIpc) is 3.10. The van der Waals surface area contributed by atoms with Crippen molar-refractivity contribution >= 4 is 29.1 Å². The van der Waals surface area contributed by atoms with E-state index in [0.29, 0.717) is 55.5 Å². The quantitative estimate of drug-likeness (QED) is 0.844. The molecule has 0 spiro atoms. The van der Waals surface area contributed by atoms with Gasteiger partial charge in [-0.2, -0.15) is 0 Å². The fraction of sp³-hybridized carbons (Fsp3) is 0.333. The van der Waals surface area contributed by atoms with Crippen LogP contribution in [0.2, 0.25) is 0 Å². The minimum absolute atomic E-state index is 0.0310. The second kappa shape index (κ2) is 8.61. The molecule has 0 radical (unpaired) electrons. The smallest absolute Gasteiger partial charge is 0.255 e. The Morgan fingerprint density at radius 3 is 2.50 bits per heavy atom. The maximum Gasteiger partial charge on any atom is 0.255 e. The van der Waals surface area contributed by atoms with Crippen LogP contribution in [0.5, 0.6) is 0 Å². The van der Waals surface area contributed by atoms with Crippen molar-refractivity contribution in [1.29, 1.82) is 0 Å². The van der Waals surface area contributed by atoms with Crippen LogP contribution in [0.1, 0.15) is 64.8 Å². The number of ketones is 2. The van der Waals surface area contributed by atoms with Crippen LogP contribution >= 0.6 is 0 Å². The zero-order valence-electron chi connectivity index (χ0n) is 16.7. The Balaban J connectivity index is 1.51. The number of carbonyl (C=O) groups is 4. The van der Waals surface area contributed by atoms with Gasteiger partial charge in [0, 0.05) is 42.6 Å². The summed E-state index contributed by atoms with van der Waals surface area (Å²) < 4.78 is 0. The molecule has 2 aliphatic rings. The standard InChI is InChI=1S/C24H24N2O4/c27-19-8-4-5-9-22(28)21(13-11-19)26-15-17-14-18(10-12-20(17)24(26)30)25-23(29)16-6-2-1-3-7-16/h1-3,6-7,10,12,14,21H,4-5,8-9,11,13,15H2,(H,25,29). The predicted octanol–water partition coefficient (Wildman–Crippen LogP) is 3.76. The normalized spacial score (nSPS) is 19.7. The molecule has 2 aromatic carbocycles. The Labute approximate surface area is 175 Å². The SMILES string of the molecule is O=C1CCCCC(=O)C(N2Cc3cc(NC(=O)c4ccccc4)ccc3C2=O)CC1. The topological polar surface area (TPSA) is 83.6 Å². The van der Waals surface area contributed by atoms with Crippen molar-refractivity contribution in [1.82, 2.24) is 4.90 Å². The van der Waals surface area contributed by atoms with E-state index in [0.717, 1.165) is 12.0 Å². The van der Waals surface area contributed by atoms with Gasteiger partial charge in [0.25, 0.3) is 11.8 Å². The Bertz CT molecular complexity index is 1000. The van der Waals surface area contributed by atoms with E-state index >= 15 is 0 Å². The van der Waals surface area contributed by atoms with E-state index < -0.39 is 6.04 Å². The second-order valence-corrected chi connectivity index (χ2v) is 7.89. The lowest BCUT2D eigenvalue weighted by molar-refractivity contribution is -0.124. The maximum absolute atomic E-state index is 13.0. The summed E-state index contributed by atoms with van der Waals surface area (Å²) in [6.45, 7) is 0.313. The highest BCUT2D eigenvalue weighted by molar-refractivity contribution is 6.05. The number of fused-ring (bicyclic) bond motifs is 1. The number of anilines is 1. The van der Waals surface area contributed by atoms with Crippen molar-refractivity contribution in [2.45, 2.75) is 51.1 Å². The molecule has 1 unspecified atom stereocenters. The highest BCUT2D eigenvalue weighted by atomic mass is 16.2. The van der Waals surface area contributed by atoms with E-state index in [1.165, 1.54) is 0 Å². The van der Waals surface area contributed by atoms with Crippen LogP contribution < -0.4 is 5.32 Å². The van der Waals surface area contributed by atoms with Crippen LogP contribution in [0, 0.1) is 0 Å². The maximum atomic E-state index is 13.0. The van der Waals surface area contributed by atoms with Crippen LogP contribution in [0.15, 0.2) is 48.5 Å². The van der Waals surface area contributed by atoms with Crippen molar-refractivity contribution in [2.75, 3.05) is 5.32 Å². The number of nitrogens with zero attached hydrogens (tertiary/aromatic N) is 1. The highest BCUT2D eigenvalue weighted by Crippen LogP contribution is 2.30. The summed E-state index contributed by atoms with van der Waals surface area (Å²) in [6.07, 6.45) is 3.04. The lowest BCUT2D eigenvalue weighted by atomic mass is 10.0. The van der Waals surface area contributed by atoms with E-state index in [4.69, 9.17) is 0 Å². The van der Waals surface area contributed by atoms with Gasteiger partial charge in [-0.1, -0.05) is 18.2 Å². The van der Waals surface area contributed by atoms with Gasteiger partial charge >= 0.3 is 0 Å². The van der Waals surface area contributed by atoms with Gasteiger partial charge in [-0.3, -0.25) is 19.2 Å². The summed E-state index contributed by atoms with van der Waals surface area (Å²) in [6, 6.07) is 13.5. The fourth-order valence-corrected chi connectivity index (χ4v) is 4.17. The summed E-state index contributed by atoms with van der Waals surface area (Å²) in [7, 11) is 0. The van der Waals surface area contributed by atoms with Crippen LogP contribution in [-0.4, -0.2) is 34.3 Å². The largest absolute Gasteiger partial charge is 0.324 e. The van der Waals surface area contributed by atoms with Gasteiger partial charge in [-0.05, 0) is 55.2 Å². The summed E-state index contributed by atoms with van der Waals surface area (Å²) in [4.78, 5) is 51.6. The van der Waals surface area contributed by atoms with Crippen LogP contribution in [-0.2, 0) is 16.1 Å². The van der Waals surface area contributed by atoms with Gasteiger partial charge in [0.05, 0.1) is 6.04 Å². The minimum atomic E-state index is -0.561. The minimum Gasteiger partial charge on any atom is -0.324 e. The molecule has 1 aliphatic heterocycles. The third-order valence-electron chi connectivity index (χ3n) is 5.80. The molecule has 30 heavy (non-hydrogen) atoms. The van der Waals surface area contributed by atoms with E-state index in [2.05, 4.69) is 5.32 Å². The van der Waals surface area contributed by atoms with Gasteiger partial charge in [0.2, 0.25) is 0 Å². The zero-order valence-corrected chi connectivity index (χ0v) is 16.7. The first-order chi connectivity index (χ1) is 14.5. The van der Waals surface area contributed by atoms with Gasteiger partial charge < -0.3 is 10.2 Å². The third-order valence-corrected chi connectivity index (χ3v) is 5.80. The molecule has 4 rings (SSSR count). The van der Waals surface area contributed by atoms with E-state index in [1.807, 2.05) is 6.07 Å². The summed E-state index contributed by atoms with van der Waals surface area (Å²) >= 11 is 0. The molecular weight excluding hydrogens is 380 g/mol. The average molecular weight is 404 g/mol. The van der Waals surface area contributed by atoms with Crippen molar-refractivity contribution < 1.29 is 19.2 Å². The van der Waals surface area contributed by atoms with Crippen molar-refractivity contribution in [3.05, 3.63) is 65.2 Å². The molecule has 1 saturated carbocycles. The molecule has 2 amide bonds. The fourth-order valence-electron chi connectivity index (χ4n) is 4.17. The third kappa shape index (κ3) is 4.17. The molecule has 1 N–H and O–H groups in total. The molecule has 154 valence electrons. The highest BCUT2D eigenvalue weighted by Gasteiger charge is 2.36. The number of carbonyl (C=O) groups excluding carboxylic acids is 4. The molecule has 1 heterocycles. The molecule has 1 atom stereocenters. The Hall–Kier alpha value is -3.28.